The highest BCUT2D eigenvalue weighted by atomic mass is 32.1. The molecule has 3 heteroatoms. The highest BCUT2D eigenvalue weighted by Gasteiger charge is 2.10. The molecule has 0 amide bonds. The van der Waals surface area contributed by atoms with Gasteiger partial charge < -0.3 is 10.1 Å². The summed E-state index contributed by atoms with van der Waals surface area (Å²) in [6.07, 6.45) is 1.04. The molecule has 1 aromatic rings. The number of nitrogens with one attached hydrogen (secondary N) is 1. The Morgan fingerprint density at radius 3 is 2.59 bits per heavy atom. The van der Waals surface area contributed by atoms with E-state index in [1.54, 1.807) is 7.11 Å². The van der Waals surface area contributed by atoms with Crippen LogP contribution in [0, 0.1) is 6.92 Å². The van der Waals surface area contributed by atoms with Crippen molar-refractivity contribution in [2.45, 2.75) is 33.1 Å². The van der Waals surface area contributed by atoms with Gasteiger partial charge in [0.1, 0.15) is 5.75 Å². The lowest BCUT2D eigenvalue weighted by molar-refractivity contribution is 0.407. The van der Waals surface area contributed by atoms with Crippen molar-refractivity contribution in [3.8, 4) is 5.75 Å². The van der Waals surface area contributed by atoms with Crippen molar-refractivity contribution in [2.24, 2.45) is 0 Å². The van der Waals surface area contributed by atoms with Crippen LogP contribution >= 0.6 is 12.6 Å². The monoisotopic (exact) mass is 253 g/mol. The second-order valence-corrected chi connectivity index (χ2v) is 4.90. The molecule has 0 saturated heterocycles. The minimum atomic E-state index is 0.488. The number of thiol groups is 1. The van der Waals surface area contributed by atoms with Gasteiger partial charge in [0.25, 0.3) is 0 Å². The van der Waals surface area contributed by atoms with E-state index in [1.165, 1.54) is 16.7 Å². The lowest BCUT2D eigenvalue weighted by Crippen LogP contribution is -2.15. The first-order valence-electron chi connectivity index (χ1n) is 6.09. The second-order valence-electron chi connectivity index (χ2n) is 4.58. The smallest absolute Gasteiger partial charge is 0.122 e. The van der Waals surface area contributed by atoms with E-state index in [2.05, 4.69) is 50.8 Å². The van der Waals surface area contributed by atoms with Gasteiger partial charge in [-0.15, -0.1) is 0 Å². The summed E-state index contributed by atoms with van der Waals surface area (Å²) in [5.41, 5.74) is 3.98. The second kappa shape index (κ2) is 6.92. The lowest BCUT2D eigenvalue weighted by Gasteiger charge is -2.16. The third-order valence-corrected chi connectivity index (χ3v) is 3.22. The summed E-state index contributed by atoms with van der Waals surface area (Å²) in [6.45, 7) is 7.50. The Balaban J connectivity index is 2.94. The Kier molecular flexibility index (Phi) is 5.86. The van der Waals surface area contributed by atoms with Crippen LogP contribution in [-0.2, 0) is 6.42 Å². The summed E-state index contributed by atoms with van der Waals surface area (Å²) in [5.74, 6) is 2.22. The van der Waals surface area contributed by atoms with Crippen LogP contribution in [0.15, 0.2) is 12.1 Å². The van der Waals surface area contributed by atoms with Gasteiger partial charge in [-0.05, 0) is 48.6 Å². The van der Waals surface area contributed by atoms with Crippen molar-refractivity contribution in [1.29, 1.82) is 0 Å². The van der Waals surface area contributed by atoms with Gasteiger partial charge in [-0.2, -0.15) is 12.6 Å². The highest BCUT2D eigenvalue weighted by Crippen LogP contribution is 2.29. The minimum absolute atomic E-state index is 0.488. The number of ether oxygens (including phenoxy) is 1. The molecule has 17 heavy (non-hydrogen) atoms. The molecule has 0 spiro atoms. The zero-order valence-electron chi connectivity index (χ0n) is 11.2. The standard InChI is InChI=1S/C14H23NOS/c1-10(2)13-8-12(5-6-15-9-17)11(3)7-14(13)16-4/h7-8,10,15,17H,5-6,9H2,1-4H3. The molecule has 0 bridgehead atoms. The Hall–Kier alpha value is -0.670. The zero-order chi connectivity index (χ0) is 12.8. The van der Waals surface area contributed by atoms with Gasteiger partial charge in [0, 0.05) is 5.88 Å². The third kappa shape index (κ3) is 3.93. The van der Waals surface area contributed by atoms with E-state index in [-0.39, 0.29) is 0 Å². The molecule has 1 N–H and O–H groups in total. The average Bonchev–Trinajstić information content (AvgIpc) is 2.30. The summed E-state index contributed by atoms with van der Waals surface area (Å²) in [6, 6.07) is 4.42. The molecule has 0 unspecified atom stereocenters. The number of methoxy groups -OCH3 is 1. The fourth-order valence-electron chi connectivity index (χ4n) is 1.94. The Labute approximate surface area is 110 Å². The fraction of sp³-hybridized carbons (Fsp3) is 0.571. The number of hydrogen-bond donors (Lipinski definition) is 2. The van der Waals surface area contributed by atoms with Crippen molar-refractivity contribution in [3.05, 3.63) is 28.8 Å². The fourth-order valence-corrected chi connectivity index (χ4v) is 2.10. The predicted molar refractivity (Wildman–Crippen MR) is 77.4 cm³/mol. The molecule has 1 aromatic carbocycles. The van der Waals surface area contributed by atoms with Gasteiger partial charge in [-0.3, -0.25) is 0 Å². The van der Waals surface area contributed by atoms with Gasteiger partial charge in [0.05, 0.1) is 7.11 Å². The van der Waals surface area contributed by atoms with E-state index in [4.69, 9.17) is 4.74 Å². The number of aryl methyl sites for hydroxylation is 1. The van der Waals surface area contributed by atoms with Gasteiger partial charge >= 0.3 is 0 Å². The van der Waals surface area contributed by atoms with Crippen LogP contribution in [0.3, 0.4) is 0 Å². The van der Waals surface area contributed by atoms with Gasteiger partial charge in [0.2, 0.25) is 0 Å². The molecule has 0 aliphatic carbocycles. The van der Waals surface area contributed by atoms with Gasteiger partial charge in [-0.1, -0.05) is 19.9 Å². The van der Waals surface area contributed by atoms with E-state index in [1.807, 2.05) is 0 Å². The summed E-state index contributed by atoms with van der Waals surface area (Å²) in [4.78, 5) is 0. The molecule has 0 heterocycles. The molecule has 0 aliphatic heterocycles. The van der Waals surface area contributed by atoms with Crippen molar-refractivity contribution >= 4 is 12.6 Å². The van der Waals surface area contributed by atoms with E-state index >= 15 is 0 Å². The van der Waals surface area contributed by atoms with E-state index in [0.29, 0.717) is 5.92 Å². The van der Waals surface area contributed by atoms with Crippen molar-refractivity contribution in [1.82, 2.24) is 5.32 Å². The maximum Gasteiger partial charge on any atom is 0.122 e. The normalized spacial score (nSPS) is 10.9. The third-order valence-electron chi connectivity index (χ3n) is 2.99. The molecule has 96 valence electrons. The molecular formula is C14H23NOS. The summed E-state index contributed by atoms with van der Waals surface area (Å²) < 4.78 is 5.44. The van der Waals surface area contributed by atoms with Crippen molar-refractivity contribution < 1.29 is 4.74 Å². The largest absolute Gasteiger partial charge is 0.496 e. The van der Waals surface area contributed by atoms with Crippen LogP contribution in [0.25, 0.3) is 0 Å². The molecule has 0 aromatic heterocycles. The highest BCUT2D eigenvalue weighted by molar-refractivity contribution is 7.80. The number of rotatable bonds is 6. The molecule has 0 aliphatic rings. The van der Waals surface area contributed by atoms with Crippen LogP contribution in [0.2, 0.25) is 0 Å². The predicted octanol–water partition coefficient (Wildman–Crippen LogP) is 3.15. The summed E-state index contributed by atoms with van der Waals surface area (Å²) in [7, 11) is 1.74. The molecule has 0 saturated carbocycles. The maximum atomic E-state index is 5.44. The Morgan fingerprint density at radius 2 is 2.06 bits per heavy atom. The quantitative estimate of drug-likeness (QED) is 0.462. The molecule has 0 atom stereocenters. The molecular weight excluding hydrogens is 230 g/mol. The first-order valence-corrected chi connectivity index (χ1v) is 6.72. The van der Waals surface area contributed by atoms with Gasteiger partial charge in [-0.25, -0.2) is 0 Å². The van der Waals surface area contributed by atoms with Crippen LogP contribution in [0.1, 0.15) is 36.5 Å². The lowest BCUT2D eigenvalue weighted by atomic mass is 9.95. The van der Waals surface area contributed by atoms with E-state index in [0.717, 1.165) is 24.6 Å². The van der Waals surface area contributed by atoms with Crippen LogP contribution in [0.5, 0.6) is 5.75 Å². The molecule has 0 radical (unpaired) electrons. The topological polar surface area (TPSA) is 21.3 Å². The molecule has 1 rings (SSSR count). The summed E-state index contributed by atoms with van der Waals surface area (Å²) in [5, 5.41) is 3.23. The van der Waals surface area contributed by atoms with Crippen LogP contribution in [0.4, 0.5) is 0 Å². The van der Waals surface area contributed by atoms with Crippen molar-refractivity contribution in [2.75, 3.05) is 19.5 Å². The zero-order valence-corrected chi connectivity index (χ0v) is 12.1. The first-order chi connectivity index (χ1) is 8.10. The molecule has 0 fully saturated rings. The Bertz CT molecular complexity index is 363. The van der Waals surface area contributed by atoms with E-state index in [9.17, 15) is 0 Å². The van der Waals surface area contributed by atoms with Crippen LogP contribution in [-0.4, -0.2) is 19.5 Å². The van der Waals surface area contributed by atoms with E-state index < -0.39 is 0 Å². The van der Waals surface area contributed by atoms with Gasteiger partial charge in [0.15, 0.2) is 0 Å². The minimum Gasteiger partial charge on any atom is -0.496 e. The SMILES string of the molecule is COc1cc(C)c(CCNCS)cc1C(C)C. The Morgan fingerprint density at radius 1 is 1.35 bits per heavy atom. The maximum absolute atomic E-state index is 5.44. The first kappa shape index (κ1) is 14.4. The van der Waals surface area contributed by atoms with Crippen molar-refractivity contribution in [3.63, 3.8) is 0 Å². The number of benzene rings is 1. The number of hydrogen-bond acceptors (Lipinski definition) is 3. The van der Waals surface area contributed by atoms with Crippen LogP contribution < -0.4 is 10.1 Å². The summed E-state index contributed by atoms with van der Waals surface area (Å²) >= 11 is 4.15. The molecule has 2 nitrogen and oxygen atoms in total. The average molecular weight is 253 g/mol.